The van der Waals surface area contributed by atoms with Gasteiger partial charge in [0, 0.05) is 19.6 Å². The second-order valence-electron chi connectivity index (χ2n) is 18.8. The molecule has 85 heavy (non-hydrogen) atoms. The number of benzene rings is 3. The van der Waals surface area contributed by atoms with Crippen LogP contribution in [-0.2, 0) is 38.2 Å². The number of hydrogen-bond acceptors (Lipinski definition) is 21. The van der Waals surface area contributed by atoms with Crippen LogP contribution in [0.15, 0.2) is 69.6 Å². The molecule has 464 valence electrons. The normalized spacial score (nSPS) is 14.0. The number of carbonyl (C=O) groups excluding carboxylic acids is 8. The first-order valence-corrected chi connectivity index (χ1v) is 25.8. The first-order chi connectivity index (χ1) is 39.9. The molecule has 6 amide bonds. The molecule has 9 atom stereocenters. The summed E-state index contributed by atoms with van der Waals surface area (Å²) in [5.74, 6) is -17.6. The topological polar surface area (TPSA) is 599 Å². The van der Waals surface area contributed by atoms with Crippen LogP contribution in [0.25, 0.3) is 0 Å². The maximum Gasteiger partial charge on any atom is 0.332 e. The van der Waals surface area contributed by atoms with E-state index in [2.05, 4.69) is 46.9 Å². The Hall–Kier alpha value is -10.5. The highest BCUT2D eigenvalue weighted by Gasteiger charge is 2.40. The number of hydrogen-bond donors (Lipinski definition) is 20. The predicted molar refractivity (Wildman–Crippen MR) is 299 cm³/mol. The number of phenolic OH excluding ortho intramolecular Hbond substituents is 6. The second kappa shape index (κ2) is 32.8. The number of aromatic hydroxyl groups is 6. The zero-order valence-corrected chi connectivity index (χ0v) is 46.1. The summed E-state index contributed by atoms with van der Waals surface area (Å²) in [6, 6.07) is -1.34. The van der Waals surface area contributed by atoms with Gasteiger partial charge in [-0.1, -0.05) is 18.2 Å². The number of rotatable bonds is 32. The number of aliphatic hydroxyl groups excluding tert-OH is 1. The van der Waals surface area contributed by atoms with Gasteiger partial charge < -0.3 is 117 Å². The highest BCUT2D eigenvalue weighted by atomic mass is 16.6. The molecule has 0 bridgehead atoms. The van der Waals surface area contributed by atoms with Gasteiger partial charge in [0.15, 0.2) is 70.5 Å². The first kappa shape index (κ1) is 68.7. The molecule has 26 N–H and O–H groups in total. The maximum absolute atomic E-state index is 14.5. The number of aliphatic imine (C=N–C) groups is 3. The number of carboxylic acid groups (broad SMARTS) is 1. The third-order valence-electron chi connectivity index (χ3n) is 12.2. The number of nitrogens with two attached hydrogens (primary N) is 6. The van der Waals surface area contributed by atoms with Crippen molar-refractivity contribution in [2.45, 2.75) is 114 Å². The minimum absolute atomic E-state index is 0.00573. The zero-order valence-electron chi connectivity index (χ0n) is 46.1. The molecule has 0 heterocycles. The zero-order chi connectivity index (χ0) is 63.8. The molecule has 3 aromatic rings. The van der Waals surface area contributed by atoms with Crippen molar-refractivity contribution >= 4 is 71.2 Å². The molecule has 0 fully saturated rings. The largest absolute Gasteiger partial charge is 0.504 e. The highest BCUT2D eigenvalue weighted by Crippen LogP contribution is 2.30. The number of amides is 6. The van der Waals surface area contributed by atoms with Crippen LogP contribution in [-0.4, -0.2) is 186 Å². The van der Waals surface area contributed by atoms with E-state index in [9.17, 15) is 84.0 Å². The van der Waals surface area contributed by atoms with Crippen molar-refractivity contribution in [3.63, 3.8) is 0 Å². The van der Waals surface area contributed by atoms with Crippen molar-refractivity contribution in [3.05, 3.63) is 71.3 Å². The van der Waals surface area contributed by atoms with Crippen molar-refractivity contribution in [2.75, 3.05) is 19.6 Å². The summed E-state index contributed by atoms with van der Waals surface area (Å²) in [6.45, 7) is 2.70. The van der Waals surface area contributed by atoms with Gasteiger partial charge >= 0.3 is 17.9 Å². The molecule has 34 heteroatoms. The summed E-state index contributed by atoms with van der Waals surface area (Å²) in [4.78, 5) is 135. The molecule has 0 saturated heterocycles. The van der Waals surface area contributed by atoms with E-state index in [-0.39, 0.29) is 76.0 Å². The van der Waals surface area contributed by atoms with Gasteiger partial charge in [-0.05, 0) is 95.7 Å². The SMILES string of the molecule is C[C@@H](O)[C@H](NC(=O)[C@H](CCCN=C(N)N)NC(=O)c1cccc(O)c1O)C(=O)O[C@H](C)[C@H](NC(=O)[C@H](CCCN=C(N)N)NC(=O)c1cccc(O)c1O)C(=O)O[C@H](C)[C@H](NC(=O)[C@H](CCCN=C(N)N)NC(=O)c1cccc(O)c1O)C(=O)O. The summed E-state index contributed by atoms with van der Waals surface area (Å²) >= 11 is 0. The molecule has 0 aliphatic rings. The van der Waals surface area contributed by atoms with E-state index in [1.165, 1.54) is 18.2 Å². The van der Waals surface area contributed by atoms with E-state index in [0.717, 1.165) is 57.2 Å². The molecule has 0 spiro atoms. The number of phenols is 6. The number of carbonyl (C=O) groups is 9. The monoisotopic (exact) mass is 1200 g/mol. The molecule has 0 unspecified atom stereocenters. The molecule has 0 aliphatic carbocycles. The smallest absolute Gasteiger partial charge is 0.332 e. The van der Waals surface area contributed by atoms with E-state index in [4.69, 9.17) is 43.9 Å². The average molecular weight is 1200 g/mol. The Morgan fingerprint density at radius 3 is 1.02 bits per heavy atom. The van der Waals surface area contributed by atoms with Gasteiger partial charge in [0.1, 0.15) is 30.3 Å². The Balaban J connectivity index is 2.07. The lowest BCUT2D eigenvalue weighted by atomic mass is 10.1. The third kappa shape index (κ3) is 21.4. The number of ether oxygens (including phenoxy) is 2. The van der Waals surface area contributed by atoms with Crippen molar-refractivity contribution in [1.29, 1.82) is 0 Å². The summed E-state index contributed by atoms with van der Waals surface area (Å²) in [6.07, 6.45) is -6.72. The van der Waals surface area contributed by atoms with E-state index in [1.54, 1.807) is 0 Å². The lowest BCUT2D eigenvalue weighted by Gasteiger charge is -2.30. The van der Waals surface area contributed by atoms with E-state index < -0.39 is 159 Å². The number of nitrogens with zero attached hydrogens (tertiary/aromatic N) is 3. The van der Waals surface area contributed by atoms with Gasteiger partial charge in [-0.25, -0.2) is 14.4 Å². The molecular formula is C51H71N15O19. The summed E-state index contributed by atoms with van der Waals surface area (Å²) in [5, 5.41) is 96.1. The van der Waals surface area contributed by atoms with Crippen molar-refractivity contribution in [1.82, 2.24) is 31.9 Å². The van der Waals surface area contributed by atoms with Gasteiger partial charge in [0.05, 0.1) is 22.8 Å². The van der Waals surface area contributed by atoms with Crippen LogP contribution in [0.5, 0.6) is 34.5 Å². The Kier molecular flexibility index (Phi) is 26.5. The molecule has 3 aromatic carbocycles. The molecule has 34 nitrogen and oxygen atoms in total. The van der Waals surface area contributed by atoms with E-state index in [0.29, 0.717) is 0 Å². The van der Waals surface area contributed by atoms with Crippen LogP contribution in [0, 0.1) is 0 Å². The second-order valence-corrected chi connectivity index (χ2v) is 18.8. The van der Waals surface area contributed by atoms with Crippen LogP contribution in [0.1, 0.15) is 90.4 Å². The fraction of sp³-hybridized carbons (Fsp3) is 0.412. The third-order valence-corrected chi connectivity index (χ3v) is 12.2. The summed E-state index contributed by atoms with van der Waals surface area (Å²) in [5.41, 5.74) is 31.0. The minimum atomic E-state index is -2.25. The van der Waals surface area contributed by atoms with Crippen LogP contribution in [0.2, 0.25) is 0 Å². The molecule has 0 aromatic heterocycles. The Morgan fingerprint density at radius 1 is 0.447 bits per heavy atom. The predicted octanol–water partition coefficient (Wildman–Crippen LogP) is -4.44. The number of guanidine groups is 3. The summed E-state index contributed by atoms with van der Waals surface area (Å²) < 4.78 is 11.1. The molecular weight excluding hydrogens is 1130 g/mol. The van der Waals surface area contributed by atoms with E-state index >= 15 is 0 Å². The van der Waals surface area contributed by atoms with Crippen molar-refractivity contribution in [3.8, 4) is 34.5 Å². The first-order valence-electron chi connectivity index (χ1n) is 25.8. The average Bonchev–Trinajstić information content (AvgIpc) is 3.52. The molecule has 3 rings (SSSR count). The molecule has 0 saturated carbocycles. The van der Waals surface area contributed by atoms with Crippen molar-refractivity contribution in [2.24, 2.45) is 49.4 Å². The standard InChI is InChI=1S/C51H71N15O19/c1-22(67)34(64-43(77)28(13-7-19-58-49(52)53)61-40(74)25-10-4-16-31(68)37(25)71)47(82)85-24(3)36(66-45(79)30(15-9-21-60-51(56)57)63-42(76)27-12-6-18-33(70)39(27)73)48(83)84-23(2)35(46(80)81)65-44(78)29(14-8-20-59-50(54)55)62-41(75)26-11-5-17-32(69)38(26)72/h4-6,10-12,16-18,22-24,28-30,34-36,67-73H,7-9,13-15,19-21H2,1-3H3,(H,61,74)(H,62,75)(H,63,76)(H,64,77)(H,65,78)(H,66,79)(H,80,81)(H4,52,53,58)(H4,54,55,59)(H4,56,57,60)/t22-,23-,24-,28+,29+,30+,34+,35+,36+/m1/s1. The summed E-state index contributed by atoms with van der Waals surface area (Å²) in [7, 11) is 0. The molecule has 0 aliphatic heterocycles. The van der Waals surface area contributed by atoms with Gasteiger partial charge in [-0.2, -0.15) is 0 Å². The lowest BCUT2D eigenvalue weighted by Crippen LogP contribution is -2.59. The van der Waals surface area contributed by atoms with Gasteiger partial charge in [-0.15, -0.1) is 0 Å². The molecule has 0 radical (unpaired) electrons. The Labute approximate surface area is 484 Å². The maximum atomic E-state index is 14.5. The highest BCUT2D eigenvalue weighted by molar-refractivity contribution is 6.03. The van der Waals surface area contributed by atoms with E-state index in [1.807, 2.05) is 0 Å². The van der Waals surface area contributed by atoms with Crippen LogP contribution in [0.4, 0.5) is 0 Å². The van der Waals surface area contributed by atoms with Gasteiger partial charge in [0.25, 0.3) is 17.7 Å². The van der Waals surface area contributed by atoms with Crippen LogP contribution < -0.4 is 66.3 Å². The minimum Gasteiger partial charge on any atom is -0.504 e. The fourth-order valence-corrected chi connectivity index (χ4v) is 7.70. The number of esters is 2. The Morgan fingerprint density at radius 2 is 0.729 bits per heavy atom. The van der Waals surface area contributed by atoms with Crippen LogP contribution in [0.3, 0.4) is 0 Å². The number of aliphatic carboxylic acids is 1. The fourth-order valence-electron chi connectivity index (χ4n) is 7.70. The number of para-hydroxylation sites is 3. The Bertz CT molecular complexity index is 2980. The van der Waals surface area contributed by atoms with Crippen molar-refractivity contribution < 1.29 is 93.5 Å². The quantitative estimate of drug-likeness (QED) is 0.00922. The number of aliphatic hydroxyl groups is 1. The van der Waals surface area contributed by atoms with Crippen LogP contribution >= 0.6 is 0 Å². The van der Waals surface area contributed by atoms with Gasteiger partial charge in [-0.3, -0.25) is 43.7 Å². The number of carboxylic acids is 1. The lowest BCUT2D eigenvalue weighted by molar-refractivity contribution is -0.167. The number of nitrogens with one attached hydrogen (secondary N) is 6. The van der Waals surface area contributed by atoms with Gasteiger partial charge in [0.2, 0.25) is 17.7 Å².